The predicted molar refractivity (Wildman–Crippen MR) is 128 cm³/mol. The van der Waals surface area contributed by atoms with Crippen LogP contribution in [-0.2, 0) is 16.0 Å². The summed E-state index contributed by atoms with van der Waals surface area (Å²) >= 11 is 6.48. The van der Waals surface area contributed by atoms with Crippen LogP contribution in [0.25, 0.3) is 11.3 Å². The van der Waals surface area contributed by atoms with E-state index in [1.807, 2.05) is 24.3 Å². The van der Waals surface area contributed by atoms with Crippen LogP contribution in [-0.4, -0.2) is 60.0 Å². The zero-order chi connectivity index (χ0) is 22.3. The van der Waals surface area contributed by atoms with Gasteiger partial charge in [0.2, 0.25) is 0 Å². The van der Waals surface area contributed by atoms with E-state index in [0.717, 1.165) is 87.8 Å². The lowest BCUT2D eigenvalue weighted by Crippen LogP contribution is -2.39. The van der Waals surface area contributed by atoms with Crippen LogP contribution >= 0.6 is 11.6 Å². The van der Waals surface area contributed by atoms with Gasteiger partial charge in [0.05, 0.1) is 10.7 Å². The molecule has 0 bridgehead atoms. The van der Waals surface area contributed by atoms with Gasteiger partial charge < -0.3 is 15.0 Å². The van der Waals surface area contributed by atoms with Gasteiger partial charge in [-0.3, -0.25) is 9.78 Å². The summed E-state index contributed by atoms with van der Waals surface area (Å²) in [5.74, 6) is 1.81. The van der Waals surface area contributed by atoms with E-state index >= 15 is 0 Å². The molecule has 2 aliphatic rings. The fraction of sp³-hybridized carbons (Fsp3) is 0.560. The van der Waals surface area contributed by atoms with Crippen LogP contribution in [0.15, 0.2) is 30.5 Å². The van der Waals surface area contributed by atoms with Gasteiger partial charge in [0.25, 0.3) is 0 Å². The average molecular weight is 457 g/mol. The maximum absolute atomic E-state index is 12.9. The predicted octanol–water partition coefficient (Wildman–Crippen LogP) is 4.48. The van der Waals surface area contributed by atoms with Crippen LogP contribution in [0, 0.1) is 11.8 Å². The molecule has 2 fully saturated rings. The normalized spacial score (nSPS) is 20.2. The number of piperidine rings is 1. The van der Waals surface area contributed by atoms with Gasteiger partial charge in [0.1, 0.15) is 11.6 Å². The Bertz CT molecular complexity index is 917. The van der Waals surface area contributed by atoms with E-state index in [1.165, 1.54) is 0 Å². The molecule has 0 saturated carbocycles. The Morgan fingerprint density at radius 1 is 1.28 bits per heavy atom. The van der Waals surface area contributed by atoms with Crippen LogP contribution in [0.4, 0.5) is 5.82 Å². The molecule has 2 saturated heterocycles. The van der Waals surface area contributed by atoms with Crippen molar-refractivity contribution in [1.82, 2.24) is 14.9 Å². The Hall–Kier alpha value is -2.02. The van der Waals surface area contributed by atoms with Crippen LogP contribution in [0.5, 0.6) is 0 Å². The van der Waals surface area contributed by atoms with Gasteiger partial charge in [-0.2, -0.15) is 0 Å². The minimum atomic E-state index is 0.0977. The van der Waals surface area contributed by atoms with E-state index in [2.05, 4.69) is 22.1 Å². The lowest BCUT2D eigenvalue weighted by molar-refractivity contribution is -0.123. The van der Waals surface area contributed by atoms with Gasteiger partial charge in [0, 0.05) is 56.1 Å². The van der Waals surface area contributed by atoms with Crippen molar-refractivity contribution in [3.05, 3.63) is 41.2 Å². The largest absolute Gasteiger partial charge is 0.381 e. The van der Waals surface area contributed by atoms with Gasteiger partial charge in [-0.15, -0.1) is 0 Å². The van der Waals surface area contributed by atoms with E-state index in [1.54, 1.807) is 6.20 Å². The number of hydrogen-bond donors (Lipinski definition) is 1. The molecule has 4 heterocycles. The van der Waals surface area contributed by atoms with E-state index in [9.17, 15) is 4.79 Å². The first-order chi connectivity index (χ1) is 15.6. The fourth-order valence-electron chi connectivity index (χ4n) is 4.59. The Labute approximate surface area is 195 Å². The van der Waals surface area contributed by atoms with Crippen molar-refractivity contribution < 1.29 is 9.53 Å². The lowest BCUT2D eigenvalue weighted by Gasteiger charge is -2.30. The Balaban J connectivity index is 1.43. The van der Waals surface area contributed by atoms with Crippen molar-refractivity contribution in [3.63, 3.8) is 0 Å². The second-order valence-corrected chi connectivity index (χ2v) is 9.28. The molecular weight excluding hydrogens is 424 g/mol. The Morgan fingerprint density at radius 2 is 2.12 bits per heavy atom. The third-order valence-electron chi connectivity index (χ3n) is 6.61. The SMILES string of the molecule is CCN1CCC[C@H](C(=O)Cc2cc(-c3cccc(NCC4CCOCC4)n3)c(Cl)cn2)C1. The molecule has 6 nitrogen and oxygen atoms in total. The molecule has 32 heavy (non-hydrogen) atoms. The molecule has 2 aromatic rings. The summed E-state index contributed by atoms with van der Waals surface area (Å²) < 4.78 is 5.44. The van der Waals surface area contributed by atoms with Crippen molar-refractivity contribution in [1.29, 1.82) is 0 Å². The number of anilines is 1. The highest BCUT2D eigenvalue weighted by atomic mass is 35.5. The minimum Gasteiger partial charge on any atom is -0.381 e. The van der Waals surface area contributed by atoms with Crippen molar-refractivity contribution in [2.45, 2.75) is 39.0 Å². The standard InChI is InChI=1S/C25H33ClN4O2/c1-2-30-10-4-5-19(17-30)24(31)14-20-13-21(22(26)16-27-20)23-6-3-7-25(29-23)28-15-18-8-11-32-12-9-18/h3,6-7,13,16,18-19H,2,4-5,8-12,14-15,17H2,1H3,(H,28,29)/t19-/m0/s1. The summed E-state index contributed by atoms with van der Waals surface area (Å²) in [5, 5.41) is 4.01. The number of pyridine rings is 2. The second kappa shape index (κ2) is 11.2. The van der Waals surface area contributed by atoms with Gasteiger partial charge >= 0.3 is 0 Å². The number of Topliss-reactive ketones (excluding diaryl/α,β-unsaturated/α-hetero) is 1. The van der Waals surface area contributed by atoms with Crippen molar-refractivity contribution >= 4 is 23.2 Å². The molecule has 7 heteroatoms. The molecule has 0 amide bonds. The quantitative estimate of drug-likeness (QED) is 0.631. The molecule has 0 aromatic carbocycles. The molecule has 2 aromatic heterocycles. The van der Waals surface area contributed by atoms with Gasteiger partial charge in [-0.1, -0.05) is 24.6 Å². The van der Waals surface area contributed by atoms with E-state index in [-0.39, 0.29) is 11.7 Å². The highest BCUT2D eigenvalue weighted by Gasteiger charge is 2.25. The van der Waals surface area contributed by atoms with E-state index in [0.29, 0.717) is 17.4 Å². The highest BCUT2D eigenvalue weighted by Crippen LogP contribution is 2.28. The van der Waals surface area contributed by atoms with E-state index < -0.39 is 0 Å². The topological polar surface area (TPSA) is 67.4 Å². The molecule has 1 atom stereocenters. The number of aromatic nitrogens is 2. The van der Waals surface area contributed by atoms with Gasteiger partial charge in [-0.25, -0.2) is 4.98 Å². The first-order valence-electron chi connectivity index (χ1n) is 11.8. The van der Waals surface area contributed by atoms with Crippen LogP contribution < -0.4 is 5.32 Å². The summed E-state index contributed by atoms with van der Waals surface area (Å²) in [6.45, 7) is 7.67. The monoisotopic (exact) mass is 456 g/mol. The molecule has 0 aliphatic carbocycles. The number of halogens is 1. The van der Waals surface area contributed by atoms with Crippen LogP contribution in [0.2, 0.25) is 5.02 Å². The van der Waals surface area contributed by atoms with Crippen molar-refractivity contribution in [2.75, 3.05) is 44.7 Å². The number of likely N-dealkylation sites (tertiary alicyclic amines) is 1. The number of carbonyl (C=O) groups excluding carboxylic acids is 1. The number of rotatable bonds is 8. The molecule has 172 valence electrons. The number of ether oxygens (including phenoxy) is 1. The smallest absolute Gasteiger partial charge is 0.143 e. The molecule has 0 unspecified atom stereocenters. The maximum atomic E-state index is 12.9. The summed E-state index contributed by atoms with van der Waals surface area (Å²) in [4.78, 5) is 24.5. The third-order valence-corrected chi connectivity index (χ3v) is 6.91. The summed E-state index contributed by atoms with van der Waals surface area (Å²) in [6, 6.07) is 7.83. The van der Waals surface area contributed by atoms with Crippen LogP contribution in [0.1, 0.15) is 38.3 Å². The summed E-state index contributed by atoms with van der Waals surface area (Å²) in [6.07, 6.45) is 6.20. The minimum absolute atomic E-state index is 0.0977. The first-order valence-corrected chi connectivity index (χ1v) is 12.2. The van der Waals surface area contributed by atoms with Gasteiger partial charge in [0.15, 0.2) is 0 Å². The van der Waals surface area contributed by atoms with E-state index in [4.69, 9.17) is 21.3 Å². The van der Waals surface area contributed by atoms with Gasteiger partial charge in [-0.05, 0) is 62.9 Å². The number of hydrogen-bond acceptors (Lipinski definition) is 6. The summed E-state index contributed by atoms with van der Waals surface area (Å²) in [7, 11) is 0. The zero-order valence-corrected chi connectivity index (χ0v) is 19.6. The Kier molecular flexibility index (Phi) is 8.11. The number of nitrogens with zero attached hydrogens (tertiary/aromatic N) is 3. The molecule has 1 N–H and O–H groups in total. The lowest BCUT2D eigenvalue weighted by atomic mass is 9.91. The first kappa shape index (κ1) is 23.1. The maximum Gasteiger partial charge on any atom is 0.143 e. The molecule has 0 radical (unpaired) electrons. The fourth-order valence-corrected chi connectivity index (χ4v) is 4.79. The van der Waals surface area contributed by atoms with Crippen molar-refractivity contribution in [2.24, 2.45) is 11.8 Å². The molecule has 0 spiro atoms. The number of ketones is 1. The average Bonchev–Trinajstić information content (AvgIpc) is 2.84. The van der Waals surface area contributed by atoms with Crippen molar-refractivity contribution in [3.8, 4) is 11.3 Å². The zero-order valence-electron chi connectivity index (χ0n) is 18.9. The number of nitrogens with one attached hydrogen (secondary N) is 1. The summed E-state index contributed by atoms with van der Waals surface area (Å²) in [5.41, 5.74) is 2.36. The molecule has 2 aliphatic heterocycles. The Morgan fingerprint density at radius 3 is 2.94 bits per heavy atom. The number of carbonyl (C=O) groups is 1. The molecular formula is C25H33ClN4O2. The molecule has 4 rings (SSSR count). The third kappa shape index (κ3) is 6.06. The highest BCUT2D eigenvalue weighted by molar-refractivity contribution is 6.33. The van der Waals surface area contributed by atoms with Crippen LogP contribution in [0.3, 0.4) is 0 Å². The second-order valence-electron chi connectivity index (χ2n) is 8.88.